The summed E-state index contributed by atoms with van der Waals surface area (Å²) in [5.74, 6) is 0. The summed E-state index contributed by atoms with van der Waals surface area (Å²) >= 11 is 9.70. The van der Waals surface area contributed by atoms with Crippen molar-refractivity contribution in [1.82, 2.24) is 5.43 Å². The zero-order valence-corrected chi connectivity index (χ0v) is 9.59. The highest BCUT2D eigenvalue weighted by atomic mass is 79.9. The van der Waals surface area contributed by atoms with E-state index in [1.165, 1.54) is 0 Å². The van der Waals surface area contributed by atoms with Gasteiger partial charge in [0.2, 0.25) is 0 Å². The molecule has 1 aliphatic rings. The summed E-state index contributed by atoms with van der Waals surface area (Å²) in [7, 11) is 0. The average Bonchev–Trinajstić information content (AvgIpc) is 2.19. The minimum absolute atomic E-state index is 0.713. The number of allylic oxidation sites excluding steroid dienone is 1. The van der Waals surface area contributed by atoms with Gasteiger partial charge in [-0.3, -0.25) is 5.43 Å². The summed E-state index contributed by atoms with van der Waals surface area (Å²) in [6.07, 6.45) is 5.36. The zero-order chi connectivity index (χ0) is 10.0. The maximum atomic E-state index is 6.33. The molecule has 0 aliphatic carbocycles. The molecule has 4 heteroatoms. The molecule has 0 bridgehead atoms. The van der Waals surface area contributed by atoms with Crippen LogP contribution in [0.4, 0.5) is 0 Å². The van der Waals surface area contributed by atoms with Gasteiger partial charge in [-0.15, -0.1) is 0 Å². The summed E-state index contributed by atoms with van der Waals surface area (Å²) in [6, 6.07) is 7.81. The van der Waals surface area contributed by atoms with Crippen LogP contribution in [0.15, 0.2) is 46.0 Å². The van der Waals surface area contributed by atoms with Crippen molar-refractivity contribution in [1.29, 1.82) is 0 Å². The van der Waals surface area contributed by atoms with Gasteiger partial charge >= 0.3 is 0 Å². The van der Waals surface area contributed by atoms with Crippen LogP contribution in [0.1, 0.15) is 5.56 Å². The smallest absolute Gasteiger partial charge is 0.172 e. The number of nitrogens with zero attached hydrogens (tertiary/aromatic N) is 1. The van der Waals surface area contributed by atoms with E-state index < -0.39 is 5.00 Å². The number of halogens is 2. The third-order valence-electron chi connectivity index (χ3n) is 1.98. The monoisotopic (exact) mass is 270 g/mol. The fourth-order valence-electron chi connectivity index (χ4n) is 1.24. The molecule has 14 heavy (non-hydrogen) atoms. The summed E-state index contributed by atoms with van der Waals surface area (Å²) in [4.78, 5) is -0.713. The third kappa shape index (κ3) is 1.83. The minimum atomic E-state index is -0.713. The predicted molar refractivity (Wildman–Crippen MR) is 62.4 cm³/mol. The van der Waals surface area contributed by atoms with E-state index in [9.17, 15) is 0 Å². The van der Waals surface area contributed by atoms with E-state index in [1.54, 1.807) is 6.21 Å². The van der Waals surface area contributed by atoms with Crippen LogP contribution >= 0.6 is 27.5 Å². The van der Waals surface area contributed by atoms with E-state index in [0.29, 0.717) is 0 Å². The minimum Gasteiger partial charge on any atom is -0.281 e. The van der Waals surface area contributed by atoms with Crippen LogP contribution in [0.2, 0.25) is 0 Å². The highest BCUT2D eigenvalue weighted by Crippen LogP contribution is 2.29. The van der Waals surface area contributed by atoms with Crippen LogP contribution in [-0.2, 0) is 5.00 Å². The number of alkyl halides is 1. The van der Waals surface area contributed by atoms with Crippen LogP contribution in [0.25, 0.3) is 0 Å². The molecule has 1 unspecified atom stereocenters. The zero-order valence-electron chi connectivity index (χ0n) is 7.24. The van der Waals surface area contributed by atoms with Crippen LogP contribution < -0.4 is 5.43 Å². The molecule has 0 aromatic heterocycles. The second-order valence-electron chi connectivity index (χ2n) is 2.97. The second kappa shape index (κ2) is 3.75. The molecule has 2 nitrogen and oxygen atoms in total. The van der Waals surface area contributed by atoms with Gasteiger partial charge < -0.3 is 0 Å². The normalized spacial score (nSPS) is 24.7. The molecule has 1 aromatic rings. The standard InChI is InChI=1S/C10H8BrClN2/c11-9-4-2-8(3-5-9)10(12)6-1-7-13-14-10/h1-7,14H. The van der Waals surface area contributed by atoms with Gasteiger partial charge in [-0.2, -0.15) is 5.10 Å². The van der Waals surface area contributed by atoms with Crippen molar-refractivity contribution in [3.8, 4) is 0 Å². The lowest BCUT2D eigenvalue weighted by Gasteiger charge is -2.25. The summed E-state index contributed by atoms with van der Waals surface area (Å²) in [5, 5.41) is 3.92. The molecule has 0 saturated carbocycles. The Bertz CT molecular complexity index is 386. The number of hydrogen-bond donors (Lipinski definition) is 1. The van der Waals surface area contributed by atoms with Crippen molar-refractivity contribution in [2.45, 2.75) is 5.00 Å². The Morgan fingerprint density at radius 2 is 2.00 bits per heavy atom. The van der Waals surface area contributed by atoms with Gasteiger partial charge in [0.15, 0.2) is 5.00 Å². The molecule has 0 spiro atoms. The highest BCUT2D eigenvalue weighted by molar-refractivity contribution is 9.10. The first-order chi connectivity index (χ1) is 6.71. The average molecular weight is 272 g/mol. The topological polar surface area (TPSA) is 24.4 Å². The molecule has 0 amide bonds. The maximum absolute atomic E-state index is 6.33. The van der Waals surface area contributed by atoms with Crippen molar-refractivity contribution in [3.63, 3.8) is 0 Å². The molecule has 72 valence electrons. The largest absolute Gasteiger partial charge is 0.281 e. The van der Waals surface area contributed by atoms with Crippen LogP contribution in [0.3, 0.4) is 0 Å². The molecular formula is C10H8BrClN2. The van der Waals surface area contributed by atoms with Gasteiger partial charge in [0, 0.05) is 10.7 Å². The van der Waals surface area contributed by atoms with Gasteiger partial charge in [-0.1, -0.05) is 39.7 Å². The SMILES string of the molecule is ClC1(c2ccc(Br)cc2)C=CC=NN1. The first-order valence-corrected chi connectivity index (χ1v) is 5.31. The molecule has 1 atom stereocenters. The van der Waals surface area contributed by atoms with Crippen molar-refractivity contribution in [2.75, 3.05) is 0 Å². The van der Waals surface area contributed by atoms with Gasteiger partial charge in [0.05, 0.1) is 0 Å². The molecule has 1 aliphatic heterocycles. The van der Waals surface area contributed by atoms with Crippen molar-refractivity contribution < 1.29 is 0 Å². The Balaban J connectivity index is 2.34. The van der Waals surface area contributed by atoms with E-state index in [2.05, 4.69) is 26.5 Å². The summed E-state index contributed by atoms with van der Waals surface area (Å²) in [6.45, 7) is 0. The molecule has 0 saturated heterocycles. The molecular weight excluding hydrogens is 263 g/mol. The Hall–Kier alpha value is -0.800. The lowest BCUT2D eigenvalue weighted by Crippen LogP contribution is -2.33. The van der Waals surface area contributed by atoms with Crippen LogP contribution in [-0.4, -0.2) is 6.21 Å². The van der Waals surface area contributed by atoms with Gasteiger partial charge in [-0.25, -0.2) is 0 Å². The molecule has 0 fully saturated rings. The number of nitrogens with one attached hydrogen (secondary N) is 1. The van der Waals surface area contributed by atoms with Gasteiger partial charge in [-0.05, 0) is 29.8 Å². The van der Waals surface area contributed by atoms with Crippen LogP contribution in [0, 0.1) is 0 Å². The highest BCUT2D eigenvalue weighted by Gasteiger charge is 2.26. The molecule has 1 heterocycles. The Kier molecular flexibility index (Phi) is 2.61. The van der Waals surface area contributed by atoms with Gasteiger partial charge in [0.1, 0.15) is 0 Å². The van der Waals surface area contributed by atoms with Crippen molar-refractivity contribution in [2.24, 2.45) is 5.10 Å². The molecule has 1 N–H and O–H groups in total. The van der Waals surface area contributed by atoms with E-state index in [1.807, 2.05) is 36.4 Å². The van der Waals surface area contributed by atoms with E-state index in [4.69, 9.17) is 11.6 Å². The first-order valence-electron chi connectivity index (χ1n) is 4.14. The third-order valence-corrected chi connectivity index (χ3v) is 2.94. The lowest BCUT2D eigenvalue weighted by atomic mass is 10.1. The Morgan fingerprint density at radius 3 is 2.57 bits per heavy atom. The fourth-order valence-corrected chi connectivity index (χ4v) is 1.75. The first kappa shape index (κ1) is 9.74. The van der Waals surface area contributed by atoms with Crippen LogP contribution in [0.5, 0.6) is 0 Å². The molecule has 0 radical (unpaired) electrons. The number of hydrogen-bond acceptors (Lipinski definition) is 2. The van der Waals surface area contributed by atoms with E-state index in [0.717, 1.165) is 10.0 Å². The van der Waals surface area contributed by atoms with E-state index >= 15 is 0 Å². The lowest BCUT2D eigenvalue weighted by molar-refractivity contribution is 0.588. The molecule has 1 aromatic carbocycles. The van der Waals surface area contributed by atoms with Crippen molar-refractivity contribution >= 4 is 33.7 Å². The fraction of sp³-hybridized carbons (Fsp3) is 0.100. The van der Waals surface area contributed by atoms with Gasteiger partial charge in [0.25, 0.3) is 0 Å². The van der Waals surface area contributed by atoms with Crippen molar-refractivity contribution in [3.05, 3.63) is 46.5 Å². The quantitative estimate of drug-likeness (QED) is 0.616. The Morgan fingerprint density at radius 1 is 1.29 bits per heavy atom. The second-order valence-corrected chi connectivity index (χ2v) is 4.48. The number of benzene rings is 1. The Labute approximate surface area is 95.8 Å². The maximum Gasteiger partial charge on any atom is 0.172 e. The van der Waals surface area contributed by atoms with E-state index in [-0.39, 0.29) is 0 Å². The summed E-state index contributed by atoms with van der Waals surface area (Å²) in [5.41, 5.74) is 3.83. The number of rotatable bonds is 1. The predicted octanol–water partition coefficient (Wildman–Crippen LogP) is 2.99. The summed E-state index contributed by atoms with van der Waals surface area (Å²) < 4.78 is 1.03. The molecule has 2 rings (SSSR count). The number of hydrazone groups is 1.